The minimum absolute atomic E-state index is 0.796. The van der Waals surface area contributed by atoms with E-state index in [0.717, 1.165) is 16.6 Å². The van der Waals surface area contributed by atoms with Gasteiger partial charge < -0.3 is 0 Å². The Morgan fingerprint density at radius 1 is 0.400 bits per heavy atom. The largest absolute Gasteiger partial charge is 0.114 e. The molecule has 25 heavy (non-hydrogen) atoms. The molecular formula is C24H17B. The summed E-state index contributed by atoms with van der Waals surface area (Å²) in [5.41, 5.74) is 7.76. The van der Waals surface area contributed by atoms with Crippen LogP contribution in [-0.2, 0) is 0 Å². The van der Waals surface area contributed by atoms with Crippen LogP contribution in [0, 0.1) is 0 Å². The topological polar surface area (TPSA) is 0 Å². The molecule has 0 aliphatic carbocycles. The maximum absolute atomic E-state index is 6.44. The van der Waals surface area contributed by atoms with Gasteiger partial charge in [0.05, 0.1) is 0 Å². The summed E-state index contributed by atoms with van der Waals surface area (Å²) in [7, 11) is 6.44. The zero-order chi connectivity index (χ0) is 17.1. The lowest BCUT2D eigenvalue weighted by Crippen LogP contribution is -2.09. The third-order valence-electron chi connectivity index (χ3n) is 4.45. The van der Waals surface area contributed by atoms with Gasteiger partial charge in [-0.1, -0.05) is 109 Å². The Hall–Kier alpha value is -3.06. The molecule has 1 heteroatoms. The fourth-order valence-electron chi connectivity index (χ4n) is 3.30. The summed E-state index contributed by atoms with van der Waals surface area (Å²) < 4.78 is 0. The molecular weight excluding hydrogens is 299 g/mol. The Labute approximate surface area is 150 Å². The quantitative estimate of drug-likeness (QED) is 0.439. The summed E-state index contributed by atoms with van der Waals surface area (Å²) in [6.07, 6.45) is 0. The average molecular weight is 316 g/mol. The van der Waals surface area contributed by atoms with Crippen LogP contribution in [0.4, 0.5) is 0 Å². The second-order valence-corrected chi connectivity index (χ2v) is 6.05. The van der Waals surface area contributed by atoms with Crippen molar-refractivity contribution in [3.8, 4) is 33.4 Å². The molecule has 0 nitrogen and oxygen atoms in total. The van der Waals surface area contributed by atoms with Gasteiger partial charge in [0.25, 0.3) is 0 Å². The standard InChI is InChI=1S/C24H17B/c25-22-17-16-21(18-10-4-1-5-11-18)23(19-12-6-2-7-13-19)24(22)20-14-8-3-9-15-20/h1-17H. The van der Waals surface area contributed by atoms with Gasteiger partial charge in [-0.3, -0.25) is 0 Å². The van der Waals surface area contributed by atoms with Crippen molar-refractivity contribution in [3.05, 3.63) is 103 Å². The van der Waals surface area contributed by atoms with Crippen LogP contribution in [0.25, 0.3) is 33.4 Å². The first-order chi connectivity index (χ1) is 12.3. The molecule has 0 unspecified atom stereocenters. The van der Waals surface area contributed by atoms with Crippen molar-refractivity contribution in [1.82, 2.24) is 0 Å². The molecule has 0 fully saturated rings. The van der Waals surface area contributed by atoms with Gasteiger partial charge in [-0.05, 0) is 33.4 Å². The smallest absolute Gasteiger partial charge is 0.0883 e. The lowest BCUT2D eigenvalue weighted by Gasteiger charge is -2.19. The summed E-state index contributed by atoms with van der Waals surface area (Å²) in [6.45, 7) is 0. The Kier molecular flexibility index (Phi) is 4.22. The molecule has 0 spiro atoms. The number of benzene rings is 4. The van der Waals surface area contributed by atoms with E-state index in [9.17, 15) is 0 Å². The highest BCUT2D eigenvalue weighted by Gasteiger charge is 2.15. The zero-order valence-corrected chi connectivity index (χ0v) is 13.9. The normalized spacial score (nSPS) is 10.6. The number of rotatable bonds is 3. The van der Waals surface area contributed by atoms with Gasteiger partial charge in [-0.25, -0.2) is 0 Å². The van der Waals surface area contributed by atoms with Crippen LogP contribution in [0.2, 0.25) is 0 Å². The zero-order valence-electron chi connectivity index (χ0n) is 13.9. The Morgan fingerprint density at radius 3 is 1.36 bits per heavy atom. The predicted octanol–water partition coefficient (Wildman–Crippen LogP) is 5.48. The Balaban J connectivity index is 2.08. The molecule has 4 aromatic rings. The van der Waals surface area contributed by atoms with Crippen LogP contribution in [0.1, 0.15) is 0 Å². The molecule has 0 bridgehead atoms. The molecule has 2 radical (unpaired) electrons. The van der Waals surface area contributed by atoms with Crippen molar-refractivity contribution in [1.29, 1.82) is 0 Å². The summed E-state index contributed by atoms with van der Waals surface area (Å²) in [5.74, 6) is 0. The minimum atomic E-state index is 0.796. The summed E-state index contributed by atoms with van der Waals surface area (Å²) in [6, 6.07) is 35.5. The Bertz CT molecular complexity index is 974. The van der Waals surface area contributed by atoms with E-state index in [1.807, 2.05) is 24.3 Å². The van der Waals surface area contributed by atoms with Crippen LogP contribution in [-0.4, -0.2) is 7.85 Å². The molecule has 0 aliphatic heterocycles. The SMILES string of the molecule is [B]c1ccc(-c2ccccc2)c(-c2ccccc2)c1-c1ccccc1. The summed E-state index contributed by atoms with van der Waals surface area (Å²) in [5, 5.41) is 0. The van der Waals surface area contributed by atoms with Crippen molar-refractivity contribution >= 4 is 13.3 Å². The van der Waals surface area contributed by atoms with Gasteiger partial charge >= 0.3 is 0 Å². The summed E-state index contributed by atoms with van der Waals surface area (Å²) in [4.78, 5) is 0. The third-order valence-corrected chi connectivity index (χ3v) is 4.45. The molecule has 0 N–H and O–H groups in total. The molecule has 0 saturated carbocycles. The van der Waals surface area contributed by atoms with E-state index >= 15 is 0 Å². The van der Waals surface area contributed by atoms with E-state index in [1.165, 1.54) is 22.3 Å². The molecule has 0 aromatic heterocycles. The van der Waals surface area contributed by atoms with Gasteiger partial charge in [0, 0.05) is 0 Å². The monoisotopic (exact) mass is 316 g/mol. The fourth-order valence-corrected chi connectivity index (χ4v) is 3.30. The molecule has 0 aliphatic rings. The van der Waals surface area contributed by atoms with Crippen molar-refractivity contribution in [2.24, 2.45) is 0 Å². The van der Waals surface area contributed by atoms with Crippen LogP contribution in [0.15, 0.2) is 103 Å². The highest BCUT2D eigenvalue weighted by molar-refractivity contribution is 6.37. The van der Waals surface area contributed by atoms with E-state index in [0.29, 0.717) is 0 Å². The van der Waals surface area contributed by atoms with E-state index in [4.69, 9.17) is 7.85 Å². The maximum atomic E-state index is 6.44. The second kappa shape index (κ2) is 6.82. The lowest BCUT2D eigenvalue weighted by molar-refractivity contribution is 1.57. The lowest BCUT2D eigenvalue weighted by atomic mass is 9.79. The molecule has 116 valence electrons. The van der Waals surface area contributed by atoms with Crippen molar-refractivity contribution in [2.75, 3.05) is 0 Å². The van der Waals surface area contributed by atoms with Crippen molar-refractivity contribution in [2.45, 2.75) is 0 Å². The number of hydrogen-bond acceptors (Lipinski definition) is 0. The van der Waals surface area contributed by atoms with Gasteiger partial charge in [0.1, 0.15) is 7.85 Å². The van der Waals surface area contributed by atoms with Crippen LogP contribution >= 0.6 is 0 Å². The van der Waals surface area contributed by atoms with Crippen LogP contribution in [0.3, 0.4) is 0 Å². The maximum Gasteiger partial charge on any atom is 0.114 e. The molecule has 4 rings (SSSR count). The molecule has 0 atom stereocenters. The molecule has 4 aromatic carbocycles. The molecule has 0 amide bonds. The third kappa shape index (κ3) is 3.01. The predicted molar refractivity (Wildman–Crippen MR) is 108 cm³/mol. The molecule has 0 heterocycles. The average Bonchev–Trinajstić information content (AvgIpc) is 2.70. The Morgan fingerprint density at radius 2 is 0.840 bits per heavy atom. The first kappa shape index (κ1) is 15.5. The van der Waals surface area contributed by atoms with E-state index in [2.05, 4.69) is 78.9 Å². The second-order valence-electron chi connectivity index (χ2n) is 6.05. The van der Waals surface area contributed by atoms with Crippen molar-refractivity contribution in [3.63, 3.8) is 0 Å². The van der Waals surface area contributed by atoms with Gasteiger partial charge in [0.15, 0.2) is 0 Å². The fraction of sp³-hybridized carbons (Fsp3) is 0. The van der Waals surface area contributed by atoms with E-state index in [1.54, 1.807) is 0 Å². The summed E-state index contributed by atoms with van der Waals surface area (Å²) >= 11 is 0. The van der Waals surface area contributed by atoms with E-state index in [-0.39, 0.29) is 0 Å². The first-order valence-electron chi connectivity index (χ1n) is 8.43. The van der Waals surface area contributed by atoms with Crippen LogP contribution in [0.5, 0.6) is 0 Å². The van der Waals surface area contributed by atoms with Crippen molar-refractivity contribution < 1.29 is 0 Å². The van der Waals surface area contributed by atoms with Gasteiger partial charge in [0.2, 0.25) is 0 Å². The molecule has 0 saturated heterocycles. The highest BCUT2D eigenvalue weighted by atomic mass is 14.2. The first-order valence-corrected chi connectivity index (χ1v) is 8.43. The van der Waals surface area contributed by atoms with Gasteiger partial charge in [-0.15, -0.1) is 0 Å². The highest BCUT2D eigenvalue weighted by Crippen LogP contribution is 2.38. The number of hydrogen-bond donors (Lipinski definition) is 0. The minimum Gasteiger partial charge on any atom is -0.0883 e. The van der Waals surface area contributed by atoms with Crippen LogP contribution < -0.4 is 5.46 Å². The van der Waals surface area contributed by atoms with E-state index < -0.39 is 0 Å². The van der Waals surface area contributed by atoms with Gasteiger partial charge in [-0.2, -0.15) is 0 Å².